The van der Waals surface area contributed by atoms with Crippen LogP contribution in [0.3, 0.4) is 0 Å². The molecular formula is C23H21ClN4O3. The van der Waals surface area contributed by atoms with Crippen LogP contribution in [0.2, 0.25) is 5.02 Å². The van der Waals surface area contributed by atoms with Crippen molar-refractivity contribution < 1.29 is 14.0 Å². The Labute approximate surface area is 184 Å². The summed E-state index contributed by atoms with van der Waals surface area (Å²) < 4.78 is 5.92. The van der Waals surface area contributed by atoms with Gasteiger partial charge in [0.25, 0.3) is 11.8 Å². The van der Waals surface area contributed by atoms with Gasteiger partial charge in [0.2, 0.25) is 0 Å². The van der Waals surface area contributed by atoms with E-state index < -0.39 is 0 Å². The number of anilines is 1. The van der Waals surface area contributed by atoms with E-state index in [-0.39, 0.29) is 17.6 Å². The van der Waals surface area contributed by atoms with Crippen LogP contribution in [0.4, 0.5) is 5.69 Å². The van der Waals surface area contributed by atoms with Gasteiger partial charge in [0, 0.05) is 46.2 Å². The van der Waals surface area contributed by atoms with Gasteiger partial charge in [-0.05, 0) is 62.6 Å². The Morgan fingerprint density at radius 3 is 2.61 bits per heavy atom. The molecule has 7 nitrogen and oxygen atoms in total. The third-order valence-corrected chi connectivity index (χ3v) is 5.44. The van der Waals surface area contributed by atoms with Crippen LogP contribution >= 0.6 is 11.6 Å². The van der Waals surface area contributed by atoms with E-state index in [4.69, 9.17) is 16.0 Å². The quantitative estimate of drug-likeness (QED) is 0.581. The maximum atomic E-state index is 12.9. The fraction of sp³-hybridized carbons (Fsp3) is 0.217. The number of amides is 2. The predicted molar refractivity (Wildman–Crippen MR) is 119 cm³/mol. The van der Waals surface area contributed by atoms with Crippen molar-refractivity contribution in [1.82, 2.24) is 10.4 Å². The van der Waals surface area contributed by atoms with E-state index in [1.54, 1.807) is 42.7 Å². The van der Waals surface area contributed by atoms with Gasteiger partial charge in [-0.1, -0.05) is 11.6 Å². The van der Waals surface area contributed by atoms with E-state index in [0.717, 1.165) is 17.5 Å². The lowest BCUT2D eigenvalue weighted by atomic mass is 9.93. The van der Waals surface area contributed by atoms with Crippen molar-refractivity contribution in [2.45, 2.75) is 33.1 Å². The second kappa shape index (κ2) is 8.73. The molecular weight excluding hydrogens is 416 g/mol. The lowest BCUT2D eigenvalue weighted by Gasteiger charge is -2.13. The summed E-state index contributed by atoms with van der Waals surface area (Å²) >= 11 is 5.99. The van der Waals surface area contributed by atoms with E-state index in [1.165, 1.54) is 0 Å². The molecule has 0 saturated carbocycles. The number of hydrazone groups is 1. The first-order chi connectivity index (χ1) is 14.9. The normalized spacial score (nSPS) is 14.2. The number of pyridine rings is 1. The highest BCUT2D eigenvalue weighted by molar-refractivity contribution is 6.30. The van der Waals surface area contributed by atoms with Gasteiger partial charge >= 0.3 is 0 Å². The van der Waals surface area contributed by atoms with Crippen LogP contribution in [0.15, 0.2) is 52.2 Å². The summed E-state index contributed by atoms with van der Waals surface area (Å²) in [5, 5.41) is 7.82. The van der Waals surface area contributed by atoms with Gasteiger partial charge in [0.05, 0.1) is 5.71 Å². The molecule has 0 saturated heterocycles. The molecule has 0 atom stereocenters. The molecule has 0 fully saturated rings. The highest BCUT2D eigenvalue weighted by Crippen LogP contribution is 2.30. The first kappa shape index (κ1) is 20.8. The summed E-state index contributed by atoms with van der Waals surface area (Å²) in [6.45, 7) is 3.70. The number of fused-ring (bicyclic) bond motifs is 1. The van der Waals surface area contributed by atoms with Crippen LogP contribution in [0.5, 0.6) is 0 Å². The highest BCUT2D eigenvalue weighted by atomic mass is 35.5. The minimum atomic E-state index is -0.336. The molecule has 158 valence electrons. The molecule has 2 N–H and O–H groups in total. The number of aromatic nitrogens is 1. The zero-order chi connectivity index (χ0) is 22.0. The molecule has 0 spiro atoms. The molecule has 1 aliphatic carbocycles. The third kappa shape index (κ3) is 4.36. The van der Waals surface area contributed by atoms with Crippen molar-refractivity contribution in [2.24, 2.45) is 5.10 Å². The Kier molecular flexibility index (Phi) is 5.86. The summed E-state index contributed by atoms with van der Waals surface area (Å²) in [4.78, 5) is 29.1. The Balaban J connectivity index is 1.58. The summed E-state index contributed by atoms with van der Waals surface area (Å²) in [5.74, 6) is 0.296. The number of hydrogen-bond donors (Lipinski definition) is 2. The minimum absolute atomic E-state index is 0.245. The van der Waals surface area contributed by atoms with E-state index in [9.17, 15) is 9.59 Å². The van der Waals surface area contributed by atoms with Crippen LogP contribution in [0.25, 0.3) is 0 Å². The van der Waals surface area contributed by atoms with Crippen molar-refractivity contribution in [3.8, 4) is 0 Å². The predicted octanol–water partition coefficient (Wildman–Crippen LogP) is 4.67. The van der Waals surface area contributed by atoms with Crippen LogP contribution in [-0.4, -0.2) is 22.5 Å². The molecule has 31 heavy (non-hydrogen) atoms. The largest absolute Gasteiger partial charge is 0.455 e. The molecule has 0 radical (unpaired) electrons. The van der Waals surface area contributed by atoms with Crippen LogP contribution in [0, 0.1) is 13.8 Å². The zero-order valence-corrected chi connectivity index (χ0v) is 17.9. The average Bonchev–Trinajstić information content (AvgIpc) is 3.12. The molecule has 2 heterocycles. The topological polar surface area (TPSA) is 96.6 Å². The van der Waals surface area contributed by atoms with Gasteiger partial charge in [-0.25, -0.2) is 5.43 Å². The summed E-state index contributed by atoms with van der Waals surface area (Å²) in [5.41, 5.74) is 6.79. The molecule has 2 aromatic heterocycles. The summed E-state index contributed by atoms with van der Waals surface area (Å²) in [6, 6.07) is 8.50. The number of carbonyl (C=O) groups is 2. The lowest BCUT2D eigenvalue weighted by Crippen LogP contribution is -2.22. The fourth-order valence-electron chi connectivity index (χ4n) is 3.63. The molecule has 4 rings (SSSR count). The molecule has 0 aliphatic heterocycles. The second-order valence-corrected chi connectivity index (χ2v) is 7.79. The Morgan fingerprint density at radius 1 is 1.10 bits per heavy atom. The number of halogens is 1. The van der Waals surface area contributed by atoms with Crippen LogP contribution < -0.4 is 10.7 Å². The molecule has 0 unspecified atom stereocenters. The number of carbonyl (C=O) groups excluding carboxylic acids is 2. The van der Waals surface area contributed by atoms with Crippen molar-refractivity contribution in [1.29, 1.82) is 0 Å². The van der Waals surface area contributed by atoms with Crippen molar-refractivity contribution >= 4 is 34.8 Å². The van der Waals surface area contributed by atoms with E-state index in [0.29, 0.717) is 46.2 Å². The lowest BCUT2D eigenvalue weighted by molar-refractivity contribution is 0.0953. The molecule has 1 aromatic carbocycles. The Morgan fingerprint density at radius 2 is 1.87 bits per heavy atom. The maximum Gasteiger partial charge on any atom is 0.291 e. The summed E-state index contributed by atoms with van der Waals surface area (Å²) in [6.07, 6.45) is 5.31. The van der Waals surface area contributed by atoms with Crippen LogP contribution in [-0.2, 0) is 6.42 Å². The van der Waals surface area contributed by atoms with Gasteiger partial charge in [0.1, 0.15) is 5.76 Å². The highest BCUT2D eigenvalue weighted by Gasteiger charge is 2.28. The Bertz CT molecular complexity index is 1190. The number of nitrogens with zero attached hydrogens (tertiary/aromatic N) is 2. The minimum Gasteiger partial charge on any atom is -0.455 e. The SMILES string of the molecule is Cc1cc(Cl)ccc1NC(=O)c1oc2c(c1C)/C(=N/NC(=O)c1ccncc1)CCC2. The van der Waals surface area contributed by atoms with Crippen molar-refractivity contribution in [3.05, 3.63) is 81.5 Å². The first-order valence-electron chi connectivity index (χ1n) is 9.91. The number of benzene rings is 1. The van der Waals surface area contributed by atoms with Crippen molar-refractivity contribution in [3.63, 3.8) is 0 Å². The van der Waals surface area contributed by atoms with Crippen LogP contribution in [0.1, 0.15) is 56.2 Å². The van der Waals surface area contributed by atoms with Gasteiger partial charge in [0.15, 0.2) is 5.76 Å². The monoisotopic (exact) mass is 436 g/mol. The number of furan rings is 1. The van der Waals surface area contributed by atoms with Gasteiger partial charge < -0.3 is 9.73 Å². The number of nitrogens with one attached hydrogen (secondary N) is 2. The molecule has 0 bridgehead atoms. The zero-order valence-electron chi connectivity index (χ0n) is 17.2. The van der Waals surface area contributed by atoms with E-state index in [2.05, 4.69) is 20.8 Å². The van der Waals surface area contributed by atoms with Crippen molar-refractivity contribution in [2.75, 3.05) is 5.32 Å². The fourth-order valence-corrected chi connectivity index (χ4v) is 3.86. The molecule has 3 aromatic rings. The first-order valence-corrected chi connectivity index (χ1v) is 10.3. The molecule has 1 aliphatic rings. The number of rotatable bonds is 4. The summed E-state index contributed by atoms with van der Waals surface area (Å²) in [7, 11) is 0. The smallest absolute Gasteiger partial charge is 0.291 e. The molecule has 2 amide bonds. The van der Waals surface area contributed by atoms with Gasteiger partial charge in [-0.2, -0.15) is 5.10 Å². The molecule has 8 heteroatoms. The Hall–Kier alpha value is -3.45. The van der Waals surface area contributed by atoms with Gasteiger partial charge in [-0.15, -0.1) is 0 Å². The second-order valence-electron chi connectivity index (χ2n) is 7.36. The van der Waals surface area contributed by atoms with E-state index >= 15 is 0 Å². The number of aryl methyl sites for hydroxylation is 2. The third-order valence-electron chi connectivity index (χ3n) is 5.20. The number of hydrogen-bond acceptors (Lipinski definition) is 5. The van der Waals surface area contributed by atoms with Gasteiger partial charge in [-0.3, -0.25) is 14.6 Å². The average molecular weight is 437 g/mol. The maximum absolute atomic E-state index is 12.9. The standard InChI is InChI=1S/C23H21ClN4O3/c1-13-12-16(24)6-7-17(13)26-23(30)21-14(2)20-18(4-3-5-19(20)31-21)27-28-22(29)15-8-10-25-11-9-15/h6-12H,3-5H2,1-2H3,(H,26,30)(H,28,29)/b27-18+. The van der Waals surface area contributed by atoms with E-state index in [1.807, 2.05) is 13.8 Å².